The first kappa shape index (κ1) is 22.8. The van der Waals surface area contributed by atoms with Crippen molar-refractivity contribution in [3.05, 3.63) is 84.2 Å². The lowest BCUT2D eigenvalue weighted by Crippen LogP contribution is -2.72. The van der Waals surface area contributed by atoms with Crippen molar-refractivity contribution in [3.63, 3.8) is 0 Å². The molecule has 1 atom stereocenters. The lowest BCUT2D eigenvalue weighted by molar-refractivity contribution is -0.127. The Kier molecular flexibility index (Phi) is 5.22. The van der Waals surface area contributed by atoms with Gasteiger partial charge in [-0.05, 0) is 24.3 Å². The van der Waals surface area contributed by atoms with Crippen LogP contribution in [0.2, 0.25) is 0 Å². The molecule has 2 saturated heterocycles. The molecule has 0 bridgehead atoms. The van der Waals surface area contributed by atoms with E-state index in [-0.39, 0.29) is 30.6 Å². The third-order valence-electron chi connectivity index (χ3n) is 7.15. The number of carbonyl (C=O) groups excluding carboxylic acids is 2. The number of H-pyrrole nitrogens is 1. The molecule has 9 heteroatoms. The van der Waals surface area contributed by atoms with Crippen molar-refractivity contribution in [2.75, 3.05) is 32.2 Å². The molecule has 3 aromatic carbocycles. The van der Waals surface area contributed by atoms with E-state index in [9.17, 15) is 15.0 Å². The number of methoxy groups -OCH3 is 2. The molecule has 2 aliphatic heterocycles. The molecule has 2 N–H and O–H groups in total. The van der Waals surface area contributed by atoms with Gasteiger partial charge in [0, 0.05) is 23.8 Å². The van der Waals surface area contributed by atoms with Gasteiger partial charge in [-0.1, -0.05) is 30.3 Å². The van der Waals surface area contributed by atoms with Crippen LogP contribution >= 0.6 is 0 Å². The summed E-state index contributed by atoms with van der Waals surface area (Å²) in [6.45, 7) is 0.302. The maximum atomic E-state index is 14.2. The van der Waals surface area contributed by atoms with Gasteiger partial charge < -0.3 is 24.3 Å². The van der Waals surface area contributed by atoms with E-state index in [0.717, 1.165) is 11.0 Å². The number of amides is 1. The lowest BCUT2D eigenvalue weighted by atomic mass is 9.82. The van der Waals surface area contributed by atoms with Crippen LogP contribution in [0.15, 0.2) is 72.8 Å². The number of Topliss-reactive ketones (excluding diaryl/α,β-unsaturated/α-hetero) is 1. The second kappa shape index (κ2) is 8.48. The molecular weight excluding hydrogens is 470 g/mol. The van der Waals surface area contributed by atoms with E-state index in [1.807, 2.05) is 42.5 Å². The predicted molar refractivity (Wildman–Crippen MR) is 139 cm³/mol. The number of aromatic nitrogens is 2. The number of benzene rings is 3. The van der Waals surface area contributed by atoms with Crippen LogP contribution in [0, 0.1) is 5.41 Å². The molecule has 0 saturated carbocycles. The first-order chi connectivity index (χ1) is 17.9. The smallest absolute Gasteiger partial charge is 0.254 e. The summed E-state index contributed by atoms with van der Waals surface area (Å²) in [4.78, 5) is 38.5. The fourth-order valence-corrected chi connectivity index (χ4v) is 5.32. The average Bonchev–Trinajstić information content (AvgIpc) is 3.43. The summed E-state index contributed by atoms with van der Waals surface area (Å²) in [5.41, 5.74) is 1.55. The minimum absolute atomic E-state index is 0.0890. The van der Waals surface area contributed by atoms with E-state index in [2.05, 4.69) is 9.97 Å². The number of amidine groups is 1. The third-order valence-corrected chi connectivity index (χ3v) is 7.15. The van der Waals surface area contributed by atoms with Crippen molar-refractivity contribution in [2.45, 2.75) is 11.5 Å². The maximum Gasteiger partial charge on any atom is 0.254 e. The SMILES string of the molecule is COc1cc(OC)cc(N2C(=N)C(c3nc4ccccc4[nH]3)C(=O)C23CN(C(=O)c2ccccc2)C3)c1. The number of hydrogen-bond acceptors (Lipinski definition) is 6. The number of rotatable bonds is 5. The zero-order valence-electron chi connectivity index (χ0n) is 20.4. The molecule has 6 rings (SSSR count). The molecule has 37 heavy (non-hydrogen) atoms. The molecule has 9 nitrogen and oxygen atoms in total. The number of ether oxygens (including phenoxy) is 2. The number of imidazole rings is 1. The number of carbonyl (C=O) groups is 2. The second-order valence-electron chi connectivity index (χ2n) is 9.29. The summed E-state index contributed by atoms with van der Waals surface area (Å²) in [6, 6.07) is 21.8. The van der Waals surface area contributed by atoms with Crippen LogP contribution in [0.4, 0.5) is 5.69 Å². The maximum absolute atomic E-state index is 14.2. The van der Waals surface area contributed by atoms with Crippen molar-refractivity contribution in [1.29, 1.82) is 5.41 Å². The molecule has 0 aliphatic carbocycles. The van der Waals surface area contributed by atoms with Crippen LogP contribution in [0.3, 0.4) is 0 Å². The monoisotopic (exact) mass is 495 g/mol. The predicted octanol–water partition coefficient (Wildman–Crippen LogP) is 3.63. The van der Waals surface area contributed by atoms with Crippen LogP contribution in [0.25, 0.3) is 11.0 Å². The summed E-state index contributed by atoms with van der Waals surface area (Å²) < 4.78 is 10.9. The Labute approximate surface area is 213 Å². The Hall–Kier alpha value is -4.66. The Morgan fingerprint density at radius 3 is 2.30 bits per heavy atom. The molecule has 3 heterocycles. The van der Waals surface area contributed by atoms with Crippen LogP contribution < -0.4 is 14.4 Å². The van der Waals surface area contributed by atoms with Gasteiger partial charge in [-0.15, -0.1) is 0 Å². The highest BCUT2D eigenvalue weighted by Gasteiger charge is 2.64. The fraction of sp³-hybridized carbons (Fsp3) is 0.214. The van der Waals surface area contributed by atoms with Crippen molar-refractivity contribution < 1.29 is 19.1 Å². The normalized spacial score (nSPS) is 18.4. The number of hydrogen-bond donors (Lipinski definition) is 2. The Bertz CT molecular complexity index is 1490. The summed E-state index contributed by atoms with van der Waals surface area (Å²) in [5.74, 6) is 0.351. The summed E-state index contributed by atoms with van der Waals surface area (Å²) >= 11 is 0. The van der Waals surface area contributed by atoms with Gasteiger partial charge in [0.15, 0.2) is 5.78 Å². The van der Waals surface area contributed by atoms with Crippen molar-refractivity contribution >= 4 is 34.2 Å². The van der Waals surface area contributed by atoms with Gasteiger partial charge in [-0.25, -0.2) is 4.98 Å². The number of likely N-dealkylation sites (tertiary alicyclic amines) is 1. The van der Waals surface area contributed by atoms with Gasteiger partial charge in [-0.3, -0.25) is 15.0 Å². The first-order valence-electron chi connectivity index (χ1n) is 11.9. The number of nitrogens with zero attached hydrogens (tertiary/aromatic N) is 3. The van der Waals surface area contributed by atoms with E-state index in [1.165, 1.54) is 0 Å². The van der Waals surface area contributed by atoms with E-state index in [1.54, 1.807) is 54.4 Å². The van der Waals surface area contributed by atoms with Gasteiger partial charge in [0.05, 0.1) is 44.0 Å². The first-order valence-corrected chi connectivity index (χ1v) is 11.9. The average molecular weight is 496 g/mol. The summed E-state index contributed by atoms with van der Waals surface area (Å²) in [6.07, 6.45) is 0. The standard InChI is InChI=1S/C28H25N5O4/c1-36-19-12-18(13-20(14-19)37-2)33-25(29)23(26-30-21-10-6-7-11-22(21)31-26)24(34)28(33)15-32(16-28)27(35)17-8-4-3-5-9-17/h3-14,23,29H,15-16H2,1-2H3,(H,30,31). The zero-order valence-corrected chi connectivity index (χ0v) is 20.4. The van der Waals surface area contributed by atoms with Crippen molar-refractivity contribution in [1.82, 2.24) is 14.9 Å². The number of aromatic amines is 1. The molecule has 1 spiro atoms. The van der Waals surface area contributed by atoms with Crippen molar-refractivity contribution in [2.24, 2.45) is 0 Å². The molecule has 2 aliphatic rings. The summed E-state index contributed by atoms with van der Waals surface area (Å²) in [5, 5.41) is 9.19. The van der Waals surface area contributed by atoms with Crippen LogP contribution in [0.5, 0.6) is 11.5 Å². The molecule has 186 valence electrons. The highest BCUT2D eigenvalue weighted by Crippen LogP contribution is 2.46. The topological polar surface area (TPSA) is 112 Å². The quantitative estimate of drug-likeness (QED) is 0.437. The van der Waals surface area contributed by atoms with Crippen LogP contribution in [-0.4, -0.2) is 65.2 Å². The van der Waals surface area contributed by atoms with Crippen molar-refractivity contribution in [3.8, 4) is 11.5 Å². The van der Waals surface area contributed by atoms with E-state index in [4.69, 9.17) is 9.47 Å². The molecule has 1 amide bonds. The molecule has 4 aromatic rings. The van der Waals surface area contributed by atoms with E-state index in [0.29, 0.717) is 28.6 Å². The van der Waals surface area contributed by atoms with Gasteiger partial charge in [0.1, 0.15) is 34.6 Å². The molecular formula is C28H25N5O4. The van der Waals surface area contributed by atoms with Crippen LogP contribution in [-0.2, 0) is 4.79 Å². The van der Waals surface area contributed by atoms with E-state index >= 15 is 0 Å². The molecule has 1 aromatic heterocycles. The third kappa shape index (κ3) is 3.46. The van der Waals surface area contributed by atoms with Gasteiger partial charge in [0.2, 0.25) is 0 Å². The lowest BCUT2D eigenvalue weighted by Gasteiger charge is -2.51. The Morgan fingerprint density at radius 2 is 1.65 bits per heavy atom. The van der Waals surface area contributed by atoms with Gasteiger partial charge in [-0.2, -0.15) is 0 Å². The zero-order chi connectivity index (χ0) is 25.7. The summed E-state index contributed by atoms with van der Waals surface area (Å²) in [7, 11) is 3.10. The molecule has 1 unspecified atom stereocenters. The van der Waals surface area contributed by atoms with E-state index < -0.39 is 11.5 Å². The Morgan fingerprint density at radius 1 is 1.00 bits per heavy atom. The van der Waals surface area contributed by atoms with Crippen LogP contribution in [0.1, 0.15) is 22.1 Å². The largest absolute Gasteiger partial charge is 0.497 e. The number of ketones is 1. The number of para-hydroxylation sites is 2. The minimum Gasteiger partial charge on any atom is -0.497 e. The number of nitrogens with one attached hydrogen (secondary N) is 2. The number of fused-ring (bicyclic) bond motifs is 1. The van der Waals surface area contributed by atoms with Gasteiger partial charge in [0.25, 0.3) is 5.91 Å². The number of anilines is 1. The minimum atomic E-state index is -1.11. The second-order valence-corrected chi connectivity index (χ2v) is 9.29. The highest BCUT2D eigenvalue weighted by molar-refractivity contribution is 6.27. The fourth-order valence-electron chi connectivity index (χ4n) is 5.32. The van der Waals surface area contributed by atoms with Gasteiger partial charge >= 0.3 is 0 Å². The Balaban J connectivity index is 1.43. The highest BCUT2D eigenvalue weighted by atomic mass is 16.5. The molecule has 2 fully saturated rings. The molecule has 0 radical (unpaired) electrons.